The highest BCUT2D eigenvalue weighted by Gasteiger charge is 2.16. The summed E-state index contributed by atoms with van der Waals surface area (Å²) in [7, 11) is 0. The molecule has 0 aliphatic heterocycles. The molecule has 0 saturated heterocycles. The van der Waals surface area contributed by atoms with E-state index in [4.69, 9.17) is 4.74 Å². The van der Waals surface area contributed by atoms with Gasteiger partial charge in [0, 0.05) is 11.1 Å². The largest absolute Gasteiger partial charge is 0.464 e. The summed E-state index contributed by atoms with van der Waals surface area (Å²) in [5, 5.41) is 7.08. The molecule has 1 atom stereocenters. The number of esters is 1. The second kappa shape index (κ2) is 5.65. The molecule has 1 aromatic heterocycles. The van der Waals surface area contributed by atoms with Gasteiger partial charge in [-0.25, -0.2) is 4.79 Å². The van der Waals surface area contributed by atoms with Gasteiger partial charge in [-0.05, 0) is 24.8 Å². The van der Waals surface area contributed by atoms with Crippen molar-refractivity contribution in [3.63, 3.8) is 0 Å². The lowest BCUT2D eigenvalue weighted by Crippen LogP contribution is -2.30. The fourth-order valence-corrected chi connectivity index (χ4v) is 1.72. The number of thiophene rings is 1. The lowest BCUT2D eigenvalue weighted by atomic mass is 10.2. The van der Waals surface area contributed by atoms with Crippen LogP contribution in [0.3, 0.4) is 0 Å². The monoisotopic (exact) mass is 213 g/mol. The quantitative estimate of drug-likeness (QED) is 0.764. The van der Waals surface area contributed by atoms with E-state index in [2.05, 4.69) is 5.32 Å². The molecular formula is C10H15NO2S. The molecule has 0 amide bonds. The summed E-state index contributed by atoms with van der Waals surface area (Å²) < 4.78 is 4.95. The Morgan fingerprint density at radius 1 is 1.64 bits per heavy atom. The standard InChI is InChI=1S/C10H15NO2S/c1-3-9(10(12)13-4-2)11-8-5-6-14-7-8/h5-7,9,11H,3-4H2,1-2H3. The molecular weight excluding hydrogens is 198 g/mol. The molecule has 0 aliphatic carbocycles. The van der Waals surface area contributed by atoms with Crippen LogP contribution in [0.15, 0.2) is 16.8 Å². The highest BCUT2D eigenvalue weighted by Crippen LogP contribution is 2.14. The van der Waals surface area contributed by atoms with E-state index in [0.29, 0.717) is 6.61 Å². The van der Waals surface area contributed by atoms with Gasteiger partial charge in [-0.1, -0.05) is 6.92 Å². The molecule has 0 radical (unpaired) electrons. The number of anilines is 1. The van der Waals surface area contributed by atoms with Crippen LogP contribution in [0.25, 0.3) is 0 Å². The van der Waals surface area contributed by atoms with Gasteiger partial charge < -0.3 is 10.1 Å². The van der Waals surface area contributed by atoms with E-state index < -0.39 is 0 Å². The Bertz CT molecular complexity index is 272. The lowest BCUT2D eigenvalue weighted by Gasteiger charge is -2.15. The van der Waals surface area contributed by atoms with E-state index in [1.165, 1.54) is 0 Å². The maximum Gasteiger partial charge on any atom is 0.328 e. The third-order valence-electron chi connectivity index (χ3n) is 1.84. The molecule has 0 saturated carbocycles. The zero-order valence-corrected chi connectivity index (χ0v) is 9.26. The van der Waals surface area contributed by atoms with Crippen molar-refractivity contribution in [2.75, 3.05) is 11.9 Å². The molecule has 4 heteroatoms. The molecule has 0 aliphatic rings. The molecule has 0 fully saturated rings. The number of nitrogens with one attached hydrogen (secondary N) is 1. The van der Waals surface area contributed by atoms with Gasteiger partial charge in [-0.2, -0.15) is 11.3 Å². The summed E-state index contributed by atoms with van der Waals surface area (Å²) in [6.45, 7) is 4.21. The summed E-state index contributed by atoms with van der Waals surface area (Å²) in [4.78, 5) is 11.4. The minimum Gasteiger partial charge on any atom is -0.464 e. The third kappa shape index (κ3) is 3.03. The minimum atomic E-state index is -0.232. The molecule has 1 unspecified atom stereocenters. The van der Waals surface area contributed by atoms with Gasteiger partial charge in [0.15, 0.2) is 0 Å². The van der Waals surface area contributed by atoms with Crippen molar-refractivity contribution in [3.05, 3.63) is 16.8 Å². The Labute approximate surface area is 88.1 Å². The molecule has 1 N–H and O–H groups in total. The van der Waals surface area contributed by atoms with Crippen LogP contribution in [0.1, 0.15) is 20.3 Å². The molecule has 0 aromatic carbocycles. The summed E-state index contributed by atoms with van der Waals surface area (Å²) in [5.74, 6) is -0.179. The average Bonchev–Trinajstić information content (AvgIpc) is 2.66. The Balaban J connectivity index is 2.50. The van der Waals surface area contributed by atoms with Gasteiger partial charge in [-0.15, -0.1) is 0 Å². The van der Waals surface area contributed by atoms with Crippen molar-refractivity contribution in [1.29, 1.82) is 0 Å². The zero-order valence-electron chi connectivity index (χ0n) is 8.45. The predicted octanol–water partition coefficient (Wildman–Crippen LogP) is 2.50. The summed E-state index contributed by atoms with van der Waals surface area (Å²) in [5.41, 5.74) is 0.981. The maximum absolute atomic E-state index is 11.4. The van der Waals surface area contributed by atoms with Gasteiger partial charge in [0.2, 0.25) is 0 Å². The van der Waals surface area contributed by atoms with E-state index in [-0.39, 0.29) is 12.0 Å². The van der Waals surface area contributed by atoms with E-state index in [1.807, 2.05) is 30.7 Å². The average molecular weight is 213 g/mol. The fraction of sp³-hybridized carbons (Fsp3) is 0.500. The van der Waals surface area contributed by atoms with E-state index in [9.17, 15) is 4.79 Å². The second-order valence-electron chi connectivity index (χ2n) is 2.87. The molecule has 1 rings (SSSR count). The maximum atomic E-state index is 11.4. The van der Waals surface area contributed by atoms with E-state index in [0.717, 1.165) is 12.1 Å². The first-order chi connectivity index (χ1) is 6.77. The van der Waals surface area contributed by atoms with Crippen molar-refractivity contribution in [1.82, 2.24) is 0 Å². The number of carbonyl (C=O) groups is 1. The van der Waals surface area contributed by atoms with Crippen LogP contribution in [0.2, 0.25) is 0 Å². The Hall–Kier alpha value is -1.03. The first-order valence-corrected chi connectivity index (χ1v) is 5.67. The molecule has 0 spiro atoms. The Morgan fingerprint density at radius 3 is 2.93 bits per heavy atom. The van der Waals surface area contributed by atoms with Gasteiger partial charge in [0.05, 0.1) is 6.61 Å². The molecule has 78 valence electrons. The lowest BCUT2D eigenvalue weighted by molar-refractivity contribution is -0.144. The summed E-state index contributed by atoms with van der Waals surface area (Å²) in [6.07, 6.45) is 0.731. The van der Waals surface area contributed by atoms with Gasteiger partial charge >= 0.3 is 5.97 Å². The highest BCUT2D eigenvalue weighted by molar-refractivity contribution is 7.08. The van der Waals surface area contributed by atoms with Gasteiger partial charge in [0.1, 0.15) is 6.04 Å². The van der Waals surface area contributed by atoms with Crippen LogP contribution in [0.4, 0.5) is 5.69 Å². The number of rotatable bonds is 5. The summed E-state index contributed by atoms with van der Waals surface area (Å²) in [6, 6.07) is 1.72. The SMILES string of the molecule is CCOC(=O)C(CC)Nc1ccsc1. The van der Waals surface area contributed by atoms with Crippen LogP contribution in [0.5, 0.6) is 0 Å². The molecule has 14 heavy (non-hydrogen) atoms. The smallest absolute Gasteiger partial charge is 0.328 e. The van der Waals surface area contributed by atoms with Crippen LogP contribution in [-0.2, 0) is 9.53 Å². The van der Waals surface area contributed by atoms with E-state index >= 15 is 0 Å². The number of ether oxygens (including phenoxy) is 1. The number of hydrogen-bond donors (Lipinski definition) is 1. The topological polar surface area (TPSA) is 38.3 Å². The van der Waals surface area contributed by atoms with Crippen molar-refractivity contribution in [2.45, 2.75) is 26.3 Å². The van der Waals surface area contributed by atoms with Crippen LogP contribution >= 0.6 is 11.3 Å². The van der Waals surface area contributed by atoms with Crippen LogP contribution in [-0.4, -0.2) is 18.6 Å². The second-order valence-corrected chi connectivity index (χ2v) is 3.65. The van der Waals surface area contributed by atoms with E-state index in [1.54, 1.807) is 11.3 Å². The number of carbonyl (C=O) groups excluding carboxylic acids is 1. The van der Waals surface area contributed by atoms with Crippen molar-refractivity contribution in [2.24, 2.45) is 0 Å². The van der Waals surface area contributed by atoms with Crippen molar-refractivity contribution < 1.29 is 9.53 Å². The molecule has 1 heterocycles. The first-order valence-electron chi connectivity index (χ1n) is 4.73. The van der Waals surface area contributed by atoms with Gasteiger partial charge in [-0.3, -0.25) is 0 Å². The highest BCUT2D eigenvalue weighted by atomic mass is 32.1. The van der Waals surface area contributed by atoms with Crippen molar-refractivity contribution in [3.8, 4) is 0 Å². The van der Waals surface area contributed by atoms with Crippen LogP contribution in [0, 0.1) is 0 Å². The normalized spacial score (nSPS) is 12.1. The molecule has 1 aromatic rings. The van der Waals surface area contributed by atoms with Gasteiger partial charge in [0.25, 0.3) is 0 Å². The molecule has 0 bridgehead atoms. The molecule has 3 nitrogen and oxygen atoms in total. The number of hydrogen-bond acceptors (Lipinski definition) is 4. The Morgan fingerprint density at radius 2 is 2.43 bits per heavy atom. The first kappa shape index (κ1) is 11.0. The van der Waals surface area contributed by atoms with Crippen LogP contribution < -0.4 is 5.32 Å². The fourth-order valence-electron chi connectivity index (χ4n) is 1.12. The summed E-state index contributed by atoms with van der Waals surface area (Å²) >= 11 is 1.60. The Kier molecular flexibility index (Phi) is 4.46. The third-order valence-corrected chi connectivity index (χ3v) is 2.52. The predicted molar refractivity (Wildman–Crippen MR) is 58.7 cm³/mol. The minimum absolute atomic E-state index is 0.179. The zero-order chi connectivity index (χ0) is 10.4. The van der Waals surface area contributed by atoms with Crippen molar-refractivity contribution >= 4 is 23.0 Å².